The Morgan fingerprint density at radius 2 is 2.17 bits per heavy atom. The van der Waals surface area contributed by atoms with Crippen molar-refractivity contribution < 1.29 is 23.1 Å². The summed E-state index contributed by atoms with van der Waals surface area (Å²) >= 11 is 0. The quantitative estimate of drug-likeness (QED) is 0.748. The molecular weight excluding hydrogens is 382 g/mol. The van der Waals surface area contributed by atoms with Gasteiger partial charge in [0, 0.05) is 24.2 Å². The maximum atomic E-state index is 14.6. The van der Waals surface area contributed by atoms with E-state index in [-0.39, 0.29) is 18.0 Å². The van der Waals surface area contributed by atoms with E-state index in [9.17, 15) is 18.4 Å². The largest absolute Gasteiger partial charge is 0.467 e. The molecule has 1 aliphatic rings. The molecule has 0 aliphatic carbocycles. The predicted octanol–water partition coefficient (Wildman–Crippen LogP) is 2.93. The number of ether oxygens (including phenoxy) is 1. The number of urea groups is 1. The summed E-state index contributed by atoms with van der Waals surface area (Å²) in [5.41, 5.74) is 1.22. The van der Waals surface area contributed by atoms with Gasteiger partial charge in [0.2, 0.25) is 0 Å². The highest BCUT2D eigenvalue weighted by Gasteiger charge is 2.38. The summed E-state index contributed by atoms with van der Waals surface area (Å²) < 4.78 is 33.3. The lowest BCUT2D eigenvalue weighted by Crippen LogP contribution is -2.53. The molecule has 0 saturated carbocycles. The molecule has 1 aliphatic heterocycles. The van der Waals surface area contributed by atoms with E-state index in [1.807, 2.05) is 13.8 Å². The van der Waals surface area contributed by atoms with Gasteiger partial charge in [-0.05, 0) is 24.1 Å². The molecular formula is C20H24F2N4O3. The van der Waals surface area contributed by atoms with Gasteiger partial charge in [0.1, 0.15) is 23.7 Å². The van der Waals surface area contributed by atoms with Crippen molar-refractivity contribution in [2.45, 2.75) is 38.8 Å². The summed E-state index contributed by atoms with van der Waals surface area (Å²) in [4.78, 5) is 33.9. The maximum Gasteiger partial charge on any atom is 0.328 e. The lowest BCUT2D eigenvalue weighted by atomic mass is 9.95. The first-order valence-electron chi connectivity index (χ1n) is 9.49. The minimum Gasteiger partial charge on any atom is -0.467 e. The Kier molecular flexibility index (Phi) is 6.14. The van der Waals surface area contributed by atoms with Crippen LogP contribution in [0.25, 0.3) is 0 Å². The molecule has 156 valence electrons. The van der Waals surface area contributed by atoms with Crippen LogP contribution in [-0.2, 0) is 16.0 Å². The van der Waals surface area contributed by atoms with Gasteiger partial charge in [-0.2, -0.15) is 0 Å². The van der Waals surface area contributed by atoms with Crippen LogP contribution in [0.5, 0.6) is 0 Å². The van der Waals surface area contributed by atoms with E-state index in [0.29, 0.717) is 18.5 Å². The van der Waals surface area contributed by atoms with Gasteiger partial charge in [-0.1, -0.05) is 20.3 Å². The van der Waals surface area contributed by atoms with Gasteiger partial charge in [0.15, 0.2) is 0 Å². The van der Waals surface area contributed by atoms with Crippen LogP contribution in [0.2, 0.25) is 0 Å². The summed E-state index contributed by atoms with van der Waals surface area (Å²) in [7, 11) is 1.26. The fourth-order valence-electron chi connectivity index (χ4n) is 3.55. The first-order valence-corrected chi connectivity index (χ1v) is 9.49. The van der Waals surface area contributed by atoms with Crippen LogP contribution in [0.15, 0.2) is 24.5 Å². The fourth-order valence-corrected chi connectivity index (χ4v) is 3.55. The summed E-state index contributed by atoms with van der Waals surface area (Å²) in [5, 5.41) is 2.70. The molecule has 1 aromatic heterocycles. The third-order valence-corrected chi connectivity index (χ3v) is 5.39. The van der Waals surface area contributed by atoms with E-state index in [0.717, 1.165) is 23.9 Å². The van der Waals surface area contributed by atoms with Crippen LogP contribution < -0.4 is 5.32 Å². The zero-order valence-corrected chi connectivity index (χ0v) is 16.5. The molecule has 0 fully saturated rings. The Labute approximate surface area is 167 Å². The number of carbonyl (C=O) groups excluding carboxylic acids is 2. The molecule has 29 heavy (non-hydrogen) atoms. The van der Waals surface area contributed by atoms with Gasteiger partial charge in [-0.25, -0.2) is 23.4 Å². The van der Waals surface area contributed by atoms with Crippen LogP contribution in [0, 0.1) is 17.6 Å². The van der Waals surface area contributed by atoms with Gasteiger partial charge in [0.25, 0.3) is 0 Å². The first kappa shape index (κ1) is 20.8. The summed E-state index contributed by atoms with van der Waals surface area (Å²) in [6.07, 6.45) is 2.58. The molecule has 1 aromatic carbocycles. The highest BCUT2D eigenvalue weighted by molar-refractivity contribution is 5.84. The molecule has 9 heteroatoms. The van der Waals surface area contributed by atoms with Crippen molar-refractivity contribution in [1.82, 2.24) is 20.2 Å². The zero-order chi connectivity index (χ0) is 21.1. The third-order valence-electron chi connectivity index (χ3n) is 5.39. The molecule has 7 nitrogen and oxygen atoms in total. The number of hydrogen-bond acceptors (Lipinski definition) is 4. The number of halogens is 2. The van der Waals surface area contributed by atoms with Crippen molar-refractivity contribution in [3.05, 3.63) is 53.1 Å². The Morgan fingerprint density at radius 3 is 2.86 bits per heavy atom. The average molecular weight is 406 g/mol. The molecule has 0 saturated heterocycles. The minimum absolute atomic E-state index is 0.00589. The van der Waals surface area contributed by atoms with Crippen molar-refractivity contribution in [3.63, 3.8) is 0 Å². The molecule has 0 bridgehead atoms. The molecule has 2 N–H and O–H groups in total. The Hall–Kier alpha value is -2.97. The van der Waals surface area contributed by atoms with Crippen molar-refractivity contribution in [3.8, 4) is 0 Å². The average Bonchev–Trinajstić information content (AvgIpc) is 3.20. The molecule has 0 radical (unpaired) electrons. The van der Waals surface area contributed by atoms with Crippen LogP contribution >= 0.6 is 0 Å². The number of nitrogens with one attached hydrogen (secondary N) is 2. The number of nitrogens with zero attached hydrogens (tertiary/aromatic N) is 2. The number of benzene rings is 1. The normalized spacial score (nSPS) is 18.0. The highest BCUT2D eigenvalue weighted by atomic mass is 19.1. The van der Waals surface area contributed by atoms with E-state index in [4.69, 9.17) is 4.74 Å². The van der Waals surface area contributed by atoms with Crippen LogP contribution in [-0.4, -0.2) is 46.6 Å². The number of aromatic amines is 1. The molecule has 3 atom stereocenters. The second-order valence-electron chi connectivity index (χ2n) is 7.11. The number of rotatable bonds is 5. The second kappa shape index (κ2) is 8.59. The molecule has 3 rings (SSSR count). The van der Waals surface area contributed by atoms with Crippen molar-refractivity contribution in [2.75, 3.05) is 13.7 Å². The molecule has 2 amide bonds. The number of hydrogen-bond donors (Lipinski definition) is 2. The number of aromatic nitrogens is 2. The SMILES string of the molecule is CC[C@H](C)[C@H](NC(=O)N1CCc2[nH]cnc2[C@H]1c1cc(F)ccc1F)C(=O)OC. The molecule has 2 aromatic rings. The fraction of sp³-hybridized carbons (Fsp3) is 0.450. The minimum atomic E-state index is -0.920. The van der Waals surface area contributed by atoms with Gasteiger partial charge in [-0.3, -0.25) is 0 Å². The second-order valence-corrected chi connectivity index (χ2v) is 7.11. The number of H-pyrrole nitrogens is 1. The van der Waals surface area contributed by atoms with Gasteiger partial charge >= 0.3 is 12.0 Å². The van der Waals surface area contributed by atoms with Crippen molar-refractivity contribution in [2.24, 2.45) is 5.92 Å². The topological polar surface area (TPSA) is 87.3 Å². The number of imidazole rings is 1. The van der Waals surface area contributed by atoms with Crippen LogP contribution in [0.3, 0.4) is 0 Å². The lowest BCUT2D eigenvalue weighted by Gasteiger charge is -2.36. The van der Waals surface area contributed by atoms with E-state index < -0.39 is 35.7 Å². The van der Waals surface area contributed by atoms with Gasteiger partial charge < -0.3 is 19.9 Å². The Balaban J connectivity index is 1.97. The zero-order valence-electron chi connectivity index (χ0n) is 16.5. The third kappa shape index (κ3) is 4.08. The number of fused-ring (bicyclic) bond motifs is 1. The lowest BCUT2D eigenvalue weighted by molar-refractivity contribution is -0.144. The number of carbonyl (C=O) groups is 2. The number of methoxy groups -OCH3 is 1. The van der Waals surface area contributed by atoms with Gasteiger partial charge in [0.05, 0.1) is 19.1 Å². The number of esters is 1. The van der Waals surface area contributed by atoms with E-state index in [1.54, 1.807) is 0 Å². The van der Waals surface area contributed by atoms with Crippen LogP contribution in [0.4, 0.5) is 13.6 Å². The standard InChI is InChI=1S/C20H24F2N4O3/c1-4-11(2)16(19(27)29-3)25-20(28)26-8-7-15-17(24-10-23-15)18(26)13-9-12(21)5-6-14(13)22/h5-6,9-11,16,18H,4,7-8H2,1-3H3,(H,23,24)(H,25,28)/t11-,16-,18+/m0/s1. The molecule has 2 heterocycles. The van der Waals surface area contributed by atoms with E-state index in [2.05, 4.69) is 15.3 Å². The highest BCUT2D eigenvalue weighted by Crippen LogP contribution is 2.35. The smallest absolute Gasteiger partial charge is 0.328 e. The first-order chi connectivity index (χ1) is 13.9. The monoisotopic (exact) mass is 406 g/mol. The van der Waals surface area contributed by atoms with Crippen molar-refractivity contribution in [1.29, 1.82) is 0 Å². The Morgan fingerprint density at radius 1 is 1.41 bits per heavy atom. The molecule has 0 unspecified atom stereocenters. The molecule has 0 spiro atoms. The Bertz CT molecular complexity index is 902. The van der Waals surface area contributed by atoms with Gasteiger partial charge in [-0.15, -0.1) is 0 Å². The summed E-state index contributed by atoms with van der Waals surface area (Å²) in [5.74, 6) is -1.98. The maximum absolute atomic E-state index is 14.6. The summed E-state index contributed by atoms with van der Waals surface area (Å²) in [6.45, 7) is 3.97. The van der Waals surface area contributed by atoms with E-state index >= 15 is 0 Å². The van der Waals surface area contributed by atoms with E-state index in [1.165, 1.54) is 18.3 Å². The van der Waals surface area contributed by atoms with Crippen LogP contribution in [0.1, 0.15) is 43.3 Å². The number of amides is 2. The summed E-state index contributed by atoms with van der Waals surface area (Å²) in [6, 6.07) is 0.776. The van der Waals surface area contributed by atoms with Crippen molar-refractivity contribution >= 4 is 12.0 Å². The predicted molar refractivity (Wildman–Crippen MR) is 101 cm³/mol.